The summed E-state index contributed by atoms with van der Waals surface area (Å²) in [6.07, 6.45) is 1.16. The Balaban J connectivity index is 2.01. The molecule has 1 amide bonds. The van der Waals surface area contributed by atoms with Crippen molar-refractivity contribution in [1.29, 1.82) is 0 Å². The second-order valence-corrected chi connectivity index (χ2v) is 4.82. The molecular formula is C16H10ClNO3. The summed E-state index contributed by atoms with van der Waals surface area (Å²) in [5, 5.41) is 3.37. The molecule has 104 valence electrons. The van der Waals surface area contributed by atoms with Gasteiger partial charge in [0.15, 0.2) is 0 Å². The third-order valence-electron chi connectivity index (χ3n) is 3.05. The molecule has 4 nitrogen and oxygen atoms in total. The second kappa shape index (κ2) is 5.42. The van der Waals surface area contributed by atoms with E-state index in [-0.39, 0.29) is 11.0 Å². The summed E-state index contributed by atoms with van der Waals surface area (Å²) in [4.78, 5) is 24.5. The summed E-state index contributed by atoms with van der Waals surface area (Å²) in [5.41, 5.74) is 0.448. The van der Waals surface area contributed by atoms with Crippen molar-refractivity contribution in [3.8, 4) is 0 Å². The smallest absolute Gasteiger partial charge is 0.262 e. The molecule has 0 aliphatic heterocycles. The van der Waals surface area contributed by atoms with E-state index >= 15 is 0 Å². The van der Waals surface area contributed by atoms with Gasteiger partial charge in [0.1, 0.15) is 17.4 Å². The van der Waals surface area contributed by atoms with Crippen molar-refractivity contribution < 1.29 is 9.21 Å². The number of para-hydroxylation sites is 2. The van der Waals surface area contributed by atoms with E-state index in [9.17, 15) is 9.59 Å². The van der Waals surface area contributed by atoms with Crippen LogP contribution in [-0.2, 0) is 0 Å². The highest BCUT2D eigenvalue weighted by molar-refractivity contribution is 6.33. The molecule has 1 aromatic heterocycles. The Morgan fingerprint density at radius 2 is 1.76 bits per heavy atom. The Morgan fingerprint density at radius 1 is 1.05 bits per heavy atom. The lowest BCUT2D eigenvalue weighted by Crippen LogP contribution is -2.21. The quantitative estimate of drug-likeness (QED) is 0.785. The van der Waals surface area contributed by atoms with Crippen LogP contribution in [0.5, 0.6) is 0 Å². The molecule has 0 fully saturated rings. The molecule has 0 saturated heterocycles. The molecule has 5 heteroatoms. The first-order chi connectivity index (χ1) is 10.2. The first-order valence-corrected chi connectivity index (χ1v) is 6.61. The maximum absolute atomic E-state index is 12.3. The molecule has 0 spiro atoms. The predicted molar refractivity (Wildman–Crippen MR) is 81.9 cm³/mol. The number of rotatable bonds is 2. The highest BCUT2D eigenvalue weighted by Crippen LogP contribution is 2.21. The Kier molecular flexibility index (Phi) is 3.46. The number of carbonyl (C=O) groups excluding carboxylic acids is 1. The fourth-order valence-electron chi connectivity index (χ4n) is 1.99. The van der Waals surface area contributed by atoms with Crippen molar-refractivity contribution in [3.63, 3.8) is 0 Å². The highest BCUT2D eigenvalue weighted by atomic mass is 35.5. The molecule has 0 aliphatic carbocycles. The monoisotopic (exact) mass is 299 g/mol. The van der Waals surface area contributed by atoms with Crippen molar-refractivity contribution in [2.24, 2.45) is 0 Å². The molecule has 3 aromatic rings. The van der Waals surface area contributed by atoms with E-state index in [0.29, 0.717) is 21.7 Å². The standard InChI is InChI=1S/C16H10ClNO3/c17-12-6-2-3-7-13(12)18-16(20)11-9-21-14-8-4-1-5-10(14)15(11)19/h1-9H,(H,18,20). The lowest BCUT2D eigenvalue weighted by molar-refractivity contribution is 0.102. The number of amides is 1. The zero-order valence-electron chi connectivity index (χ0n) is 10.8. The molecule has 1 N–H and O–H groups in total. The summed E-state index contributed by atoms with van der Waals surface area (Å²) in [6, 6.07) is 13.6. The molecule has 0 aliphatic rings. The van der Waals surface area contributed by atoms with Gasteiger partial charge in [-0.2, -0.15) is 0 Å². The molecule has 0 saturated carbocycles. The van der Waals surface area contributed by atoms with Crippen LogP contribution in [-0.4, -0.2) is 5.91 Å². The zero-order chi connectivity index (χ0) is 14.8. The van der Waals surface area contributed by atoms with Gasteiger partial charge < -0.3 is 9.73 Å². The van der Waals surface area contributed by atoms with Gasteiger partial charge in [0.05, 0.1) is 16.1 Å². The molecule has 0 bridgehead atoms. The SMILES string of the molecule is O=C(Nc1ccccc1Cl)c1coc2ccccc2c1=O. The number of halogens is 1. The number of hydrogen-bond donors (Lipinski definition) is 1. The van der Waals surface area contributed by atoms with Gasteiger partial charge in [-0.25, -0.2) is 0 Å². The number of benzene rings is 2. The van der Waals surface area contributed by atoms with Gasteiger partial charge in [-0.1, -0.05) is 35.9 Å². The van der Waals surface area contributed by atoms with E-state index < -0.39 is 5.91 Å². The summed E-state index contributed by atoms with van der Waals surface area (Å²) in [5.74, 6) is -0.553. The summed E-state index contributed by atoms with van der Waals surface area (Å²) in [6.45, 7) is 0. The van der Waals surface area contributed by atoms with Crippen LogP contribution < -0.4 is 10.7 Å². The van der Waals surface area contributed by atoms with Crippen molar-refractivity contribution in [1.82, 2.24) is 0 Å². The second-order valence-electron chi connectivity index (χ2n) is 4.41. The van der Waals surface area contributed by atoms with Crippen LogP contribution in [0.25, 0.3) is 11.0 Å². The van der Waals surface area contributed by atoms with Crippen LogP contribution in [0.2, 0.25) is 5.02 Å². The Bertz CT molecular complexity index is 886. The first-order valence-electron chi connectivity index (χ1n) is 6.23. The van der Waals surface area contributed by atoms with Crippen LogP contribution >= 0.6 is 11.6 Å². The summed E-state index contributed by atoms with van der Waals surface area (Å²) in [7, 11) is 0. The topological polar surface area (TPSA) is 59.3 Å². The minimum atomic E-state index is -0.553. The lowest BCUT2D eigenvalue weighted by atomic mass is 10.1. The number of nitrogens with one attached hydrogen (secondary N) is 1. The van der Waals surface area contributed by atoms with Crippen molar-refractivity contribution in [3.05, 3.63) is 75.6 Å². The van der Waals surface area contributed by atoms with Gasteiger partial charge in [-0.3, -0.25) is 9.59 Å². The van der Waals surface area contributed by atoms with Gasteiger partial charge >= 0.3 is 0 Å². The molecule has 0 atom stereocenters. The molecule has 0 unspecified atom stereocenters. The van der Waals surface area contributed by atoms with E-state index in [0.717, 1.165) is 6.26 Å². The van der Waals surface area contributed by atoms with Crippen LogP contribution in [0.1, 0.15) is 10.4 Å². The molecule has 0 radical (unpaired) electrons. The average molecular weight is 300 g/mol. The fourth-order valence-corrected chi connectivity index (χ4v) is 2.17. The number of hydrogen-bond acceptors (Lipinski definition) is 3. The lowest BCUT2D eigenvalue weighted by Gasteiger charge is -2.06. The first kappa shape index (κ1) is 13.4. The van der Waals surface area contributed by atoms with Crippen LogP contribution in [0.15, 0.2) is 64.0 Å². The van der Waals surface area contributed by atoms with Gasteiger partial charge in [0.25, 0.3) is 5.91 Å². The fraction of sp³-hybridized carbons (Fsp3) is 0. The van der Waals surface area contributed by atoms with E-state index in [2.05, 4.69) is 5.32 Å². The maximum Gasteiger partial charge on any atom is 0.262 e. The average Bonchev–Trinajstić information content (AvgIpc) is 2.50. The van der Waals surface area contributed by atoms with Gasteiger partial charge in [0.2, 0.25) is 5.43 Å². The molecule has 3 rings (SSSR count). The third kappa shape index (κ3) is 2.53. The Hall–Kier alpha value is -2.59. The van der Waals surface area contributed by atoms with E-state index in [1.165, 1.54) is 0 Å². The summed E-state index contributed by atoms with van der Waals surface area (Å²) < 4.78 is 5.32. The van der Waals surface area contributed by atoms with Gasteiger partial charge in [-0.15, -0.1) is 0 Å². The van der Waals surface area contributed by atoms with Crippen molar-refractivity contribution >= 4 is 34.2 Å². The Morgan fingerprint density at radius 3 is 2.57 bits per heavy atom. The minimum absolute atomic E-state index is 0.0615. The van der Waals surface area contributed by atoms with Crippen LogP contribution in [0.4, 0.5) is 5.69 Å². The predicted octanol–water partition coefficient (Wildman–Crippen LogP) is 3.70. The molecule has 21 heavy (non-hydrogen) atoms. The van der Waals surface area contributed by atoms with Crippen LogP contribution in [0.3, 0.4) is 0 Å². The normalized spacial score (nSPS) is 10.5. The number of fused-ring (bicyclic) bond motifs is 1. The van der Waals surface area contributed by atoms with Crippen LogP contribution in [0, 0.1) is 0 Å². The maximum atomic E-state index is 12.3. The van der Waals surface area contributed by atoms with E-state index in [1.807, 2.05) is 0 Å². The highest BCUT2D eigenvalue weighted by Gasteiger charge is 2.15. The third-order valence-corrected chi connectivity index (χ3v) is 3.38. The molecular weight excluding hydrogens is 290 g/mol. The van der Waals surface area contributed by atoms with E-state index in [4.69, 9.17) is 16.0 Å². The van der Waals surface area contributed by atoms with Crippen molar-refractivity contribution in [2.45, 2.75) is 0 Å². The number of anilines is 1. The molecule has 2 aromatic carbocycles. The minimum Gasteiger partial charge on any atom is -0.463 e. The van der Waals surface area contributed by atoms with Gasteiger partial charge in [-0.05, 0) is 24.3 Å². The Labute approximate surface area is 125 Å². The summed E-state index contributed by atoms with van der Waals surface area (Å²) >= 11 is 5.97. The molecule has 1 heterocycles. The number of carbonyl (C=O) groups is 1. The van der Waals surface area contributed by atoms with E-state index in [1.54, 1.807) is 48.5 Å². The largest absolute Gasteiger partial charge is 0.463 e. The zero-order valence-corrected chi connectivity index (χ0v) is 11.6. The van der Waals surface area contributed by atoms with Gasteiger partial charge in [0, 0.05) is 0 Å². The van der Waals surface area contributed by atoms with Crippen molar-refractivity contribution in [2.75, 3.05) is 5.32 Å².